The molecule has 8 nitrogen and oxygen atoms in total. The van der Waals surface area contributed by atoms with E-state index in [0.29, 0.717) is 18.2 Å². The third-order valence-corrected chi connectivity index (χ3v) is 7.99. The quantitative estimate of drug-likeness (QED) is 0.612. The molecule has 2 bridgehead atoms. The van der Waals surface area contributed by atoms with Gasteiger partial charge in [-0.15, -0.1) is 0 Å². The topological polar surface area (TPSA) is 109 Å². The van der Waals surface area contributed by atoms with E-state index in [1.807, 2.05) is 19.9 Å². The highest BCUT2D eigenvalue weighted by atomic mass is 35.5. The molecule has 5 rings (SSSR count). The van der Waals surface area contributed by atoms with Gasteiger partial charge in [-0.25, -0.2) is 4.68 Å². The summed E-state index contributed by atoms with van der Waals surface area (Å²) < 4.78 is 1.04. The first-order valence-corrected chi connectivity index (χ1v) is 11.3. The van der Waals surface area contributed by atoms with E-state index >= 15 is 0 Å². The minimum atomic E-state index is -0.915. The minimum Gasteiger partial charge on any atom is -0.388 e. The second-order valence-corrected chi connectivity index (χ2v) is 10.3. The molecule has 0 radical (unpaired) electrons. The lowest BCUT2D eigenvalue weighted by molar-refractivity contribution is -0.199. The number of aryl methyl sites for hydroxylation is 1. The van der Waals surface area contributed by atoms with Crippen LogP contribution in [0.2, 0.25) is 5.02 Å². The first kappa shape index (κ1) is 22.7. The van der Waals surface area contributed by atoms with E-state index in [-0.39, 0.29) is 34.8 Å². The van der Waals surface area contributed by atoms with Gasteiger partial charge in [0.05, 0.1) is 23.5 Å². The van der Waals surface area contributed by atoms with Crippen molar-refractivity contribution in [3.8, 4) is 0 Å². The summed E-state index contributed by atoms with van der Waals surface area (Å²) >= 11 is 6.34. The van der Waals surface area contributed by atoms with Crippen LogP contribution in [-0.2, 0) is 17.9 Å². The van der Waals surface area contributed by atoms with Gasteiger partial charge in [0, 0.05) is 18.9 Å². The van der Waals surface area contributed by atoms with Crippen molar-refractivity contribution in [1.29, 1.82) is 0 Å². The van der Waals surface area contributed by atoms with Gasteiger partial charge in [0.15, 0.2) is 0 Å². The minimum absolute atomic E-state index is 0.0351. The molecule has 0 unspecified atom stereocenters. The molecule has 172 valence electrons. The summed E-state index contributed by atoms with van der Waals surface area (Å²) in [5.74, 6) is 0.362. The van der Waals surface area contributed by atoms with Gasteiger partial charge in [0.2, 0.25) is 5.91 Å². The van der Waals surface area contributed by atoms with Crippen molar-refractivity contribution in [2.45, 2.75) is 65.3 Å². The molecule has 2 heterocycles. The number of hydrogen-bond donors (Lipinski definition) is 3. The third-order valence-electron chi connectivity index (χ3n) is 7.62. The van der Waals surface area contributed by atoms with Crippen molar-refractivity contribution in [2.24, 2.45) is 17.3 Å². The van der Waals surface area contributed by atoms with Gasteiger partial charge in [-0.1, -0.05) is 25.4 Å². The maximum atomic E-state index is 12.7. The number of anilines is 1. The zero-order valence-corrected chi connectivity index (χ0v) is 19.6. The first-order valence-electron chi connectivity index (χ1n) is 10.9. The number of aromatic nitrogens is 3. The number of nitrogens with one attached hydrogen (secondary N) is 2. The van der Waals surface area contributed by atoms with Gasteiger partial charge in [0.25, 0.3) is 5.56 Å². The second-order valence-electron chi connectivity index (χ2n) is 9.88. The van der Waals surface area contributed by atoms with Crippen LogP contribution >= 0.6 is 11.6 Å². The van der Waals surface area contributed by atoms with Gasteiger partial charge < -0.3 is 15.7 Å². The molecule has 4 atom stereocenters. The predicted molar refractivity (Wildman–Crippen MR) is 122 cm³/mol. The van der Waals surface area contributed by atoms with Gasteiger partial charge in [-0.2, -0.15) is 5.10 Å². The van der Waals surface area contributed by atoms with Crippen LogP contribution in [0.4, 0.5) is 5.69 Å². The van der Waals surface area contributed by atoms with Crippen LogP contribution in [0.5, 0.6) is 0 Å². The van der Waals surface area contributed by atoms with Crippen molar-refractivity contribution in [3.05, 3.63) is 51.2 Å². The van der Waals surface area contributed by atoms with Crippen LogP contribution in [0.25, 0.3) is 0 Å². The molecule has 3 saturated carbocycles. The van der Waals surface area contributed by atoms with Crippen LogP contribution in [0.1, 0.15) is 44.7 Å². The summed E-state index contributed by atoms with van der Waals surface area (Å²) in [5, 5.41) is 21.3. The number of aliphatic hydroxyl groups is 1. The maximum Gasteiger partial charge on any atom is 0.288 e. The van der Waals surface area contributed by atoms with E-state index in [0.717, 1.165) is 28.7 Å². The molecule has 1 amide bonds. The number of pyridine rings is 1. The molecule has 0 aliphatic heterocycles. The van der Waals surface area contributed by atoms with E-state index in [4.69, 9.17) is 11.6 Å². The predicted octanol–water partition coefficient (Wildman–Crippen LogP) is 2.51. The fourth-order valence-electron chi connectivity index (χ4n) is 5.33. The van der Waals surface area contributed by atoms with Crippen LogP contribution < -0.4 is 16.2 Å². The van der Waals surface area contributed by atoms with E-state index in [1.54, 1.807) is 12.4 Å². The van der Waals surface area contributed by atoms with Crippen LogP contribution in [0, 0.1) is 24.2 Å². The lowest BCUT2D eigenvalue weighted by Gasteiger charge is -2.65. The van der Waals surface area contributed by atoms with Gasteiger partial charge in [0.1, 0.15) is 11.6 Å². The zero-order chi connectivity index (χ0) is 23.3. The van der Waals surface area contributed by atoms with Gasteiger partial charge >= 0.3 is 0 Å². The van der Waals surface area contributed by atoms with Crippen molar-refractivity contribution in [2.75, 3.05) is 5.32 Å². The largest absolute Gasteiger partial charge is 0.388 e. The molecule has 3 aliphatic rings. The highest BCUT2D eigenvalue weighted by molar-refractivity contribution is 6.32. The molecule has 3 N–H and O–H groups in total. The monoisotopic (exact) mass is 459 g/mol. The molecule has 0 saturated heterocycles. The fourth-order valence-corrected chi connectivity index (χ4v) is 5.53. The third kappa shape index (κ3) is 3.90. The zero-order valence-electron chi connectivity index (χ0n) is 18.9. The number of halogens is 1. The van der Waals surface area contributed by atoms with Gasteiger partial charge in [-0.05, 0) is 61.1 Å². The summed E-state index contributed by atoms with van der Waals surface area (Å²) in [7, 11) is 0. The lowest BCUT2D eigenvalue weighted by atomic mass is 9.43. The molecule has 9 heteroatoms. The summed E-state index contributed by atoms with van der Waals surface area (Å²) in [6, 6.07) is 1.61. The molecular formula is C23H30ClN5O3. The molecule has 3 aliphatic carbocycles. The van der Waals surface area contributed by atoms with E-state index < -0.39 is 11.2 Å². The molecule has 0 aromatic carbocycles. The number of amides is 1. The van der Waals surface area contributed by atoms with Gasteiger partial charge in [-0.3, -0.25) is 14.6 Å². The van der Waals surface area contributed by atoms with Crippen molar-refractivity contribution in [1.82, 2.24) is 20.1 Å². The molecule has 0 spiro atoms. The average Bonchev–Trinajstić information content (AvgIpc) is 2.73. The Kier molecular flexibility index (Phi) is 5.79. The number of carbonyl (C=O) groups is 1. The number of hydrogen-bond acceptors (Lipinski definition) is 6. The normalized spacial score (nSPS) is 28.0. The Hall–Kier alpha value is -2.45. The SMILES string of the molecule is Cc1cnccc1CNC(=O)Cn1ncc(N[C@@H]2C[C@H]3C[C@H](C3(C)C)[C@]2(C)O)c(Cl)c1=O. The van der Waals surface area contributed by atoms with Crippen LogP contribution in [-0.4, -0.2) is 37.4 Å². The lowest BCUT2D eigenvalue weighted by Crippen LogP contribution is -2.68. The average molecular weight is 460 g/mol. The Bertz CT molecular complexity index is 1100. The molecule has 3 fully saturated rings. The smallest absolute Gasteiger partial charge is 0.288 e. The number of rotatable bonds is 6. The summed E-state index contributed by atoms with van der Waals surface area (Å²) in [6.45, 7) is 8.28. The Labute approximate surface area is 192 Å². The van der Waals surface area contributed by atoms with Crippen molar-refractivity contribution < 1.29 is 9.90 Å². The van der Waals surface area contributed by atoms with Crippen molar-refractivity contribution >= 4 is 23.2 Å². The first-order chi connectivity index (χ1) is 15.0. The van der Waals surface area contributed by atoms with Crippen LogP contribution in [0.3, 0.4) is 0 Å². The number of carbonyl (C=O) groups excluding carboxylic acids is 1. The Balaban J connectivity index is 1.42. The Morgan fingerprint density at radius 3 is 2.72 bits per heavy atom. The fraction of sp³-hybridized carbons (Fsp3) is 0.565. The number of nitrogens with zero attached hydrogens (tertiary/aromatic N) is 3. The summed E-state index contributed by atoms with van der Waals surface area (Å²) in [5.41, 5.74) is 0.947. The summed E-state index contributed by atoms with van der Waals surface area (Å²) in [4.78, 5) is 29.1. The van der Waals surface area contributed by atoms with Crippen LogP contribution in [0.15, 0.2) is 29.5 Å². The standard InChI is InChI=1S/C23H30ClN5O3/c1-13-9-25-6-5-14(13)10-26-19(30)12-29-21(31)20(24)16(11-27-29)28-18-8-15-7-17(22(15,2)3)23(18,4)32/h5-6,9,11,15,17-18,28,32H,7-8,10,12H2,1-4H3,(H,26,30)/t15-,17-,18-,23+/m1/s1. The molecular weight excluding hydrogens is 430 g/mol. The van der Waals surface area contributed by atoms with E-state index in [9.17, 15) is 14.7 Å². The Morgan fingerprint density at radius 2 is 2.06 bits per heavy atom. The maximum absolute atomic E-state index is 12.7. The molecule has 32 heavy (non-hydrogen) atoms. The van der Waals surface area contributed by atoms with E-state index in [2.05, 4.69) is 34.6 Å². The highest BCUT2D eigenvalue weighted by Gasteiger charge is 2.62. The second kappa shape index (κ2) is 8.15. The Morgan fingerprint density at radius 1 is 1.31 bits per heavy atom. The van der Waals surface area contributed by atoms with Crippen molar-refractivity contribution in [3.63, 3.8) is 0 Å². The molecule has 2 aromatic heterocycles. The highest BCUT2D eigenvalue weighted by Crippen LogP contribution is 2.62. The summed E-state index contributed by atoms with van der Waals surface area (Å²) in [6.07, 6.45) is 6.66. The molecule has 2 aromatic rings. The van der Waals surface area contributed by atoms with E-state index in [1.165, 1.54) is 6.20 Å². The number of fused-ring (bicyclic) bond motifs is 2.